The second kappa shape index (κ2) is 5.53. The lowest BCUT2D eigenvalue weighted by Gasteiger charge is -2.05. The Kier molecular flexibility index (Phi) is 4.65. The first-order chi connectivity index (χ1) is 6.34. The predicted molar refractivity (Wildman–Crippen MR) is 58.6 cm³/mol. The van der Waals surface area contributed by atoms with E-state index in [0.717, 1.165) is 18.1 Å². The average molecular weight is 235 g/mol. The molecule has 1 aromatic rings. The molecule has 0 amide bonds. The van der Waals surface area contributed by atoms with Gasteiger partial charge in [-0.15, -0.1) is 24.2 Å². The molecule has 14 heavy (non-hydrogen) atoms. The fourth-order valence-corrected chi connectivity index (χ4v) is 2.37. The van der Waals surface area contributed by atoms with Crippen LogP contribution in [0, 0.1) is 5.82 Å². The van der Waals surface area contributed by atoms with E-state index in [1.807, 2.05) is 0 Å². The topological polar surface area (TPSA) is 24.9 Å². The van der Waals surface area contributed by atoms with Crippen LogP contribution in [0.25, 0.3) is 0 Å². The van der Waals surface area contributed by atoms with E-state index in [4.69, 9.17) is 0 Å². The summed E-state index contributed by atoms with van der Waals surface area (Å²) in [5.74, 6) is -0.270. The Balaban J connectivity index is 0.000000980. The summed E-state index contributed by atoms with van der Waals surface area (Å²) >= 11 is 1.72. The molecule has 1 N–H and O–H groups in total. The van der Waals surface area contributed by atoms with Crippen molar-refractivity contribution in [2.45, 2.75) is 16.7 Å². The van der Waals surface area contributed by atoms with Crippen LogP contribution in [0.4, 0.5) is 4.39 Å². The first kappa shape index (κ1) is 11.8. The third kappa shape index (κ3) is 3.12. The van der Waals surface area contributed by atoms with Gasteiger partial charge in [0.1, 0.15) is 5.82 Å². The highest BCUT2D eigenvalue weighted by Gasteiger charge is 2.15. The van der Waals surface area contributed by atoms with Crippen molar-refractivity contribution in [2.75, 3.05) is 13.1 Å². The number of hydrogen-bond acceptors (Lipinski definition) is 3. The molecule has 0 aromatic carbocycles. The summed E-state index contributed by atoms with van der Waals surface area (Å²) in [6, 6.07) is 3.19. The molecule has 1 saturated heterocycles. The molecule has 0 aliphatic carbocycles. The molecule has 0 bridgehead atoms. The van der Waals surface area contributed by atoms with Crippen molar-refractivity contribution in [3.8, 4) is 0 Å². The Labute approximate surface area is 93.1 Å². The lowest BCUT2D eigenvalue weighted by Crippen LogP contribution is -2.10. The van der Waals surface area contributed by atoms with Crippen LogP contribution >= 0.6 is 24.2 Å². The molecular weight excluding hydrogens is 223 g/mol. The van der Waals surface area contributed by atoms with Gasteiger partial charge in [0.05, 0.1) is 11.2 Å². The Hall–Kier alpha value is -0.320. The normalized spacial score (nSPS) is 20.5. The van der Waals surface area contributed by atoms with Crippen LogP contribution in [0.3, 0.4) is 0 Å². The van der Waals surface area contributed by atoms with Gasteiger partial charge in [0.15, 0.2) is 0 Å². The molecule has 1 aliphatic heterocycles. The predicted octanol–water partition coefficient (Wildman–Crippen LogP) is 2.10. The molecule has 0 unspecified atom stereocenters. The number of thioether (sulfide) groups is 1. The monoisotopic (exact) mass is 234 g/mol. The Morgan fingerprint density at radius 3 is 2.93 bits per heavy atom. The van der Waals surface area contributed by atoms with Crippen LogP contribution in [-0.4, -0.2) is 23.3 Å². The number of hydrogen-bond donors (Lipinski definition) is 1. The number of aromatic nitrogens is 1. The minimum absolute atomic E-state index is 0. The van der Waals surface area contributed by atoms with E-state index in [0.29, 0.717) is 5.25 Å². The summed E-state index contributed by atoms with van der Waals surface area (Å²) < 4.78 is 12.5. The maximum atomic E-state index is 12.5. The Morgan fingerprint density at radius 1 is 1.50 bits per heavy atom. The van der Waals surface area contributed by atoms with Gasteiger partial charge in [-0.1, -0.05) is 0 Å². The largest absolute Gasteiger partial charge is 0.316 e. The zero-order valence-corrected chi connectivity index (χ0v) is 9.21. The first-order valence-corrected chi connectivity index (χ1v) is 5.21. The standard InChI is InChI=1S/C9H11FN2S.ClH/c10-7-1-2-9(12-5-7)13-8-3-4-11-6-8;/h1-2,5,8,11H,3-4,6H2;1H/t8-;/m0./s1. The highest BCUT2D eigenvalue weighted by atomic mass is 35.5. The minimum atomic E-state index is -0.270. The molecule has 0 radical (unpaired) electrons. The maximum Gasteiger partial charge on any atom is 0.141 e. The van der Waals surface area contributed by atoms with E-state index >= 15 is 0 Å². The van der Waals surface area contributed by atoms with Gasteiger partial charge in [0.25, 0.3) is 0 Å². The smallest absolute Gasteiger partial charge is 0.141 e. The average Bonchev–Trinajstić information content (AvgIpc) is 2.62. The molecule has 5 heteroatoms. The summed E-state index contributed by atoms with van der Waals surface area (Å²) in [7, 11) is 0. The highest BCUT2D eigenvalue weighted by molar-refractivity contribution is 7.99. The molecule has 0 saturated carbocycles. The molecule has 1 aromatic heterocycles. The SMILES string of the molecule is Cl.Fc1ccc(S[C@H]2CCNC2)nc1. The number of halogens is 2. The van der Waals surface area contributed by atoms with Crippen molar-refractivity contribution in [3.05, 3.63) is 24.1 Å². The van der Waals surface area contributed by atoms with Crippen LogP contribution in [-0.2, 0) is 0 Å². The molecule has 1 fully saturated rings. The summed E-state index contributed by atoms with van der Waals surface area (Å²) in [4.78, 5) is 4.00. The number of pyridine rings is 1. The third-order valence-electron chi connectivity index (χ3n) is 2.00. The van der Waals surface area contributed by atoms with Crippen LogP contribution in [0.1, 0.15) is 6.42 Å². The molecule has 2 rings (SSSR count). The maximum absolute atomic E-state index is 12.5. The molecule has 78 valence electrons. The summed E-state index contributed by atoms with van der Waals surface area (Å²) in [6.07, 6.45) is 2.44. The van der Waals surface area contributed by atoms with Crippen molar-refractivity contribution >= 4 is 24.2 Å². The number of rotatable bonds is 2. The van der Waals surface area contributed by atoms with Gasteiger partial charge >= 0.3 is 0 Å². The van der Waals surface area contributed by atoms with E-state index < -0.39 is 0 Å². The third-order valence-corrected chi connectivity index (χ3v) is 3.22. The quantitative estimate of drug-likeness (QED) is 0.849. The van der Waals surface area contributed by atoms with Crippen LogP contribution in [0.2, 0.25) is 0 Å². The minimum Gasteiger partial charge on any atom is -0.316 e. The van der Waals surface area contributed by atoms with E-state index in [1.165, 1.54) is 18.7 Å². The lowest BCUT2D eigenvalue weighted by molar-refractivity contribution is 0.618. The van der Waals surface area contributed by atoms with Gasteiger partial charge in [-0.25, -0.2) is 9.37 Å². The van der Waals surface area contributed by atoms with E-state index in [1.54, 1.807) is 17.8 Å². The van der Waals surface area contributed by atoms with E-state index in [2.05, 4.69) is 10.3 Å². The van der Waals surface area contributed by atoms with Gasteiger partial charge in [-0.3, -0.25) is 0 Å². The molecule has 1 atom stereocenters. The van der Waals surface area contributed by atoms with E-state index in [9.17, 15) is 4.39 Å². The van der Waals surface area contributed by atoms with Gasteiger partial charge < -0.3 is 5.32 Å². The second-order valence-corrected chi connectivity index (χ2v) is 4.37. The van der Waals surface area contributed by atoms with Crippen molar-refractivity contribution in [1.82, 2.24) is 10.3 Å². The number of nitrogens with zero attached hydrogens (tertiary/aromatic N) is 1. The lowest BCUT2D eigenvalue weighted by atomic mass is 10.4. The van der Waals surface area contributed by atoms with Gasteiger partial charge in [0.2, 0.25) is 0 Å². The molecular formula is C9H12ClFN2S. The molecule has 2 heterocycles. The fraction of sp³-hybridized carbons (Fsp3) is 0.444. The van der Waals surface area contributed by atoms with Gasteiger partial charge in [-0.05, 0) is 25.1 Å². The van der Waals surface area contributed by atoms with Crippen LogP contribution in [0.5, 0.6) is 0 Å². The van der Waals surface area contributed by atoms with Crippen molar-refractivity contribution < 1.29 is 4.39 Å². The van der Waals surface area contributed by atoms with Gasteiger partial charge in [0, 0.05) is 11.8 Å². The zero-order valence-electron chi connectivity index (χ0n) is 7.57. The molecule has 1 aliphatic rings. The fourth-order valence-electron chi connectivity index (χ4n) is 1.33. The van der Waals surface area contributed by atoms with E-state index in [-0.39, 0.29) is 18.2 Å². The zero-order chi connectivity index (χ0) is 9.10. The summed E-state index contributed by atoms with van der Waals surface area (Å²) in [5, 5.41) is 4.79. The second-order valence-electron chi connectivity index (χ2n) is 3.05. The highest BCUT2D eigenvalue weighted by Crippen LogP contribution is 2.24. The Morgan fingerprint density at radius 2 is 2.36 bits per heavy atom. The van der Waals surface area contributed by atoms with Crippen LogP contribution < -0.4 is 5.32 Å². The Bertz CT molecular complexity index is 275. The van der Waals surface area contributed by atoms with Crippen molar-refractivity contribution in [1.29, 1.82) is 0 Å². The summed E-state index contributed by atoms with van der Waals surface area (Å²) in [6.45, 7) is 2.11. The number of nitrogens with one attached hydrogen (secondary N) is 1. The van der Waals surface area contributed by atoms with Crippen molar-refractivity contribution in [2.24, 2.45) is 0 Å². The summed E-state index contributed by atoms with van der Waals surface area (Å²) in [5.41, 5.74) is 0. The molecule has 0 spiro atoms. The van der Waals surface area contributed by atoms with Crippen LogP contribution in [0.15, 0.2) is 23.4 Å². The molecule has 2 nitrogen and oxygen atoms in total. The first-order valence-electron chi connectivity index (χ1n) is 4.33. The van der Waals surface area contributed by atoms with Crippen molar-refractivity contribution in [3.63, 3.8) is 0 Å². The van der Waals surface area contributed by atoms with Gasteiger partial charge in [-0.2, -0.15) is 0 Å².